The molecule has 6 rings (SSSR count). The molecule has 8 heteroatoms. The number of ether oxygens (including phenoxy) is 1. The first-order chi connectivity index (χ1) is 16.7. The SMILES string of the molecule is O=C1CCc2c(Cl)ccc3c2N1CC3OCCCCN1CCN(c2nsc3ccccc23)CC1. The molecule has 1 fully saturated rings. The molecule has 4 heterocycles. The smallest absolute Gasteiger partial charge is 0.227 e. The van der Waals surface area contributed by atoms with Crippen LogP contribution >= 0.6 is 23.1 Å². The number of carbonyl (C=O) groups excluding carboxylic acids is 1. The maximum Gasteiger partial charge on any atom is 0.227 e. The standard InChI is InChI=1S/C26H29ClN4O2S/c27-21-9-7-19-22(17-31-24(32)10-8-18(21)25(19)31)33-16-4-3-11-29-12-14-30(15-13-29)26-20-5-1-2-6-23(20)34-28-26/h1-2,5-7,9,22H,3-4,8,10-17H2. The van der Waals surface area contributed by atoms with Crippen LogP contribution in [0.25, 0.3) is 10.1 Å². The fraction of sp³-hybridized carbons (Fsp3) is 0.462. The topological polar surface area (TPSA) is 48.9 Å². The molecule has 0 radical (unpaired) electrons. The van der Waals surface area contributed by atoms with Crippen LogP contribution < -0.4 is 9.80 Å². The molecule has 0 spiro atoms. The van der Waals surface area contributed by atoms with Crippen LogP contribution in [0.5, 0.6) is 0 Å². The summed E-state index contributed by atoms with van der Waals surface area (Å²) >= 11 is 7.99. The molecule has 1 atom stereocenters. The van der Waals surface area contributed by atoms with Crippen LogP contribution in [-0.2, 0) is 16.0 Å². The number of aromatic nitrogens is 1. The zero-order valence-electron chi connectivity index (χ0n) is 19.2. The summed E-state index contributed by atoms with van der Waals surface area (Å²) < 4.78 is 12.2. The van der Waals surface area contributed by atoms with Gasteiger partial charge in [0.15, 0.2) is 0 Å². The summed E-state index contributed by atoms with van der Waals surface area (Å²) in [6, 6.07) is 12.5. The molecule has 3 aliphatic heterocycles. The minimum absolute atomic E-state index is 0.0375. The maximum absolute atomic E-state index is 12.4. The minimum Gasteiger partial charge on any atom is -0.372 e. The van der Waals surface area contributed by atoms with Crippen molar-refractivity contribution in [1.82, 2.24) is 9.27 Å². The monoisotopic (exact) mass is 496 g/mol. The number of piperazine rings is 1. The van der Waals surface area contributed by atoms with Gasteiger partial charge in [0.25, 0.3) is 0 Å². The first kappa shape index (κ1) is 22.3. The van der Waals surface area contributed by atoms with E-state index in [9.17, 15) is 4.79 Å². The van der Waals surface area contributed by atoms with Gasteiger partial charge in [0.05, 0.1) is 16.9 Å². The highest BCUT2D eigenvalue weighted by atomic mass is 35.5. The summed E-state index contributed by atoms with van der Waals surface area (Å²) in [6.45, 7) is 6.63. The highest BCUT2D eigenvalue weighted by Gasteiger charge is 2.38. The lowest BCUT2D eigenvalue weighted by Crippen LogP contribution is -2.46. The third kappa shape index (κ3) is 4.09. The zero-order valence-corrected chi connectivity index (χ0v) is 20.8. The van der Waals surface area contributed by atoms with Crippen molar-refractivity contribution in [2.75, 3.05) is 55.7 Å². The summed E-state index contributed by atoms with van der Waals surface area (Å²) in [6.07, 6.45) is 3.37. The van der Waals surface area contributed by atoms with E-state index in [-0.39, 0.29) is 12.0 Å². The molecule has 0 bridgehead atoms. The van der Waals surface area contributed by atoms with E-state index < -0.39 is 0 Å². The second-order valence-electron chi connectivity index (χ2n) is 9.37. The molecule has 6 nitrogen and oxygen atoms in total. The van der Waals surface area contributed by atoms with Crippen molar-refractivity contribution in [2.24, 2.45) is 0 Å². The number of unbranched alkanes of at least 4 members (excludes halogenated alkanes) is 1. The fourth-order valence-corrected chi connectivity index (χ4v) is 6.53. The van der Waals surface area contributed by atoms with E-state index in [1.807, 2.05) is 17.0 Å². The van der Waals surface area contributed by atoms with Crippen molar-refractivity contribution in [3.8, 4) is 0 Å². The molecule has 0 N–H and O–H groups in total. The van der Waals surface area contributed by atoms with Crippen molar-refractivity contribution in [3.63, 3.8) is 0 Å². The molecule has 1 unspecified atom stereocenters. The second kappa shape index (κ2) is 9.46. The third-order valence-electron chi connectivity index (χ3n) is 7.33. The molecule has 1 saturated heterocycles. The highest BCUT2D eigenvalue weighted by Crippen LogP contribution is 2.45. The van der Waals surface area contributed by atoms with Crippen LogP contribution in [-0.4, -0.2) is 61.1 Å². The maximum atomic E-state index is 12.4. The zero-order chi connectivity index (χ0) is 23.1. The van der Waals surface area contributed by atoms with E-state index >= 15 is 0 Å². The van der Waals surface area contributed by atoms with Gasteiger partial charge in [0.1, 0.15) is 11.9 Å². The van der Waals surface area contributed by atoms with Gasteiger partial charge in [0, 0.05) is 55.2 Å². The number of benzene rings is 2. The quantitative estimate of drug-likeness (QED) is 0.435. The normalized spacial score (nSPS) is 20.4. The first-order valence-corrected chi connectivity index (χ1v) is 13.4. The molecule has 1 amide bonds. The lowest BCUT2D eigenvalue weighted by molar-refractivity contribution is -0.119. The average molecular weight is 497 g/mol. The number of fused-ring (bicyclic) bond motifs is 1. The first-order valence-electron chi connectivity index (χ1n) is 12.2. The number of rotatable bonds is 7. The average Bonchev–Trinajstić information content (AvgIpc) is 3.46. The van der Waals surface area contributed by atoms with Crippen molar-refractivity contribution in [3.05, 3.63) is 52.5 Å². The molecule has 3 aliphatic rings. The van der Waals surface area contributed by atoms with Crippen LogP contribution in [0.3, 0.4) is 0 Å². The van der Waals surface area contributed by atoms with Gasteiger partial charge in [0.2, 0.25) is 5.91 Å². The molecule has 178 valence electrons. The van der Waals surface area contributed by atoms with Gasteiger partial charge in [-0.1, -0.05) is 29.8 Å². The van der Waals surface area contributed by atoms with E-state index in [1.165, 1.54) is 10.1 Å². The Morgan fingerprint density at radius 1 is 1.06 bits per heavy atom. The Balaban J connectivity index is 0.961. The number of nitrogens with zero attached hydrogens (tertiary/aromatic N) is 4. The van der Waals surface area contributed by atoms with Crippen LogP contribution in [0.2, 0.25) is 5.02 Å². The van der Waals surface area contributed by atoms with E-state index in [0.717, 1.165) is 86.2 Å². The summed E-state index contributed by atoms with van der Waals surface area (Å²) in [7, 11) is 0. The third-order valence-corrected chi connectivity index (χ3v) is 8.50. The van der Waals surface area contributed by atoms with Gasteiger partial charge in [-0.2, -0.15) is 4.37 Å². The van der Waals surface area contributed by atoms with E-state index in [0.29, 0.717) is 13.0 Å². The summed E-state index contributed by atoms with van der Waals surface area (Å²) in [4.78, 5) is 19.3. The Labute approximate surface area is 209 Å². The number of hydrogen-bond acceptors (Lipinski definition) is 6. The fourth-order valence-electron chi connectivity index (χ4n) is 5.48. The van der Waals surface area contributed by atoms with E-state index in [4.69, 9.17) is 20.7 Å². The van der Waals surface area contributed by atoms with Gasteiger partial charge in [-0.05, 0) is 61.1 Å². The Kier molecular flexibility index (Phi) is 6.20. The highest BCUT2D eigenvalue weighted by molar-refractivity contribution is 7.13. The molecule has 3 aromatic rings. The van der Waals surface area contributed by atoms with Crippen molar-refractivity contribution in [1.29, 1.82) is 0 Å². The van der Waals surface area contributed by atoms with Gasteiger partial charge in [-0.3, -0.25) is 9.69 Å². The predicted molar refractivity (Wildman–Crippen MR) is 138 cm³/mol. The van der Waals surface area contributed by atoms with E-state index in [2.05, 4.69) is 34.1 Å². The molecule has 1 aromatic heterocycles. The van der Waals surface area contributed by atoms with Crippen molar-refractivity contribution >= 4 is 50.6 Å². The van der Waals surface area contributed by atoms with Crippen LogP contribution in [0.1, 0.15) is 36.5 Å². The van der Waals surface area contributed by atoms with Crippen LogP contribution in [0.15, 0.2) is 36.4 Å². The molecule has 2 aromatic carbocycles. The van der Waals surface area contributed by atoms with Gasteiger partial charge < -0.3 is 14.5 Å². The number of carbonyl (C=O) groups is 1. The number of hydrogen-bond donors (Lipinski definition) is 0. The molecule has 34 heavy (non-hydrogen) atoms. The van der Waals surface area contributed by atoms with Crippen LogP contribution in [0, 0.1) is 0 Å². The molecular formula is C26H29ClN4O2S. The van der Waals surface area contributed by atoms with Gasteiger partial charge >= 0.3 is 0 Å². The summed E-state index contributed by atoms with van der Waals surface area (Å²) in [5, 5.41) is 2.04. The lowest BCUT2D eigenvalue weighted by atomic mass is 9.99. The predicted octanol–water partition coefficient (Wildman–Crippen LogP) is 4.90. The van der Waals surface area contributed by atoms with Crippen molar-refractivity contribution < 1.29 is 9.53 Å². The Hall–Kier alpha value is -2.19. The summed E-state index contributed by atoms with van der Waals surface area (Å²) in [5.74, 6) is 1.33. The van der Waals surface area contributed by atoms with E-state index in [1.54, 1.807) is 11.5 Å². The number of anilines is 2. The second-order valence-corrected chi connectivity index (χ2v) is 10.6. The minimum atomic E-state index is -0.0375. The molecular weight excluding hydrogens is 468 g/mol. The number of halogens is 1. The lowest BCUT2D eigenvalue weighted by Gasteiger charge is -2.35. The number of amides is 1. The van der Waals surface area contributed by atoms with Crippen LogP contribution in [0.4, 0.5) is 11.5 Å². The Bertz CT molecular complexity index is 1210. The van der Waals surface area contributed by atoms with Gasteiger partial charge in [-0.15, -0.1) is 0 Å². The van der Waals surface area contributed by atoms with Crippen molar-refractivity contribution in [2.45, 2.75) is 31.8 Å². The Morgan fingerprint density at radius 3 is 2.79 bits per heavy atom. The summed E-state index contributed by atoms with van der Waals surface area (Å²) in [5.41, 5.74) is 3.24. The van der Waals surface area contributed by atoms with Gasteiger partial charge in [-0.25, -0.2) is 0 Å². The molecule has 0 aliphatic carbocycles. The Morgan fingerprint density at radius 2 is 1.91 bits per heavy atom. The molecule has 0 saturated carbocycles. The largest absolute Gasteiger partial charge is 0.372 e.